The first kappa shape index (κ1) is 10.8. The van der Waals surface area contributed by atoms with Gasteiger partial charge in [-0.3, -0.25) is 0 Å². The van der Waals surface area contributed by atoms with Gasteiger partial charge in [-0.2, -0.15) is 0 Å². The Morgan fingerprint density at radius 2 is 2.21 bits per heavy atom. The summed E-state index contributed by atoms with van der Waals surface area (Å²) in [5.74, 6) is -0.411. The largest absolute Gasteiger partial charge is 0.465 e. The van der Waals surface area contributed by atoms with Crippen LogP contribution in [0.2, 0.25) is 0 Å². The third kappa shape index (κ3) is 1.98. The highest BCUT2D eigenvalue weighted by Gasteiger charge is 2.12. The van der Waals surface area contributed by atoms with Crippen molar-refractivity contribution in [3.05, 3.63) is 22.2 Å². The smallest absolute Gasteiger partial charge is 0.339 e. The van der Waals surface area contributed by atoms with Gasteiger partial charge in [-0.15, -0.1) is 0 Å². The summed E-state index contributed by atoms with van der Waals surface area (Å²) >= 11 is 3.27. The van der Waals surface area contributed by atoms with Gasteiger partial charge in [0.15, 0.2) is 0 Å². The summed E-state index contributed by atoms with van der Waals surface area (Å²) in [5, 5.41) is 2.91. The number of hydrogen-bond donors (Lipinski definition) is 2. The summed E-state index contributed by atoms with van der Waals surface area (Å²) in [5.41, 5.74) is 7.40. The highest BCUT2D eigenvalue weighted by atomic mass is 79.9. The zero-order chi connectivity index (χ0) is 10.7. The molecule has 4 nitrogen and oxygen atoms in total. The number of carbonyl (C=O) groups is 1. The molecule has 0 amide bonds. The average Bonchev–Trinajstić information content (AvgIpc) is 2.19. The molecule has 1 aromatic carbocycles. The third-order valence-corrected chi connectivity index (χ3v) is 2.47. The van der Waals surface area contributed by atoms with Crippen LogP contribution >= 0.6 is 15.9 Å². The van der Waals surface area contributed by atoms with Crippen LogP contribution in [0, 0.1) is 0 Å². The SMILES string of the molecule is CNc1cc(Br)c(C(=O)OC)cc1N. The van der Waals surface area contributed by atoms with Gasteiger partial charge in [0.1, 0.15) is 0 Å². The first-order valence-electron chi connectivity index (χ1n) is 3.95. The molecule has 0 aliphatic carbocycles. The van der Waals surface area contributed by atoms with Gasteiger partial charge >= 0.3 is 5.97 Å². The lowest BCUT2D eigenvalue weighted by Gasteiger charge is -2.08. The molecule has 0 saturated heterocycles. The minimum absolute atomic E-state index is 0.411. The van der Waals surface area contributed by atoms with Crippen molar-refractivity contribution in [3.8, 4) is 0 Å². The minimum atomic E-state index is -0.411. The molecule has 0 aromatic heterocycles. The third-order valence-electron chi connectivity index (χ3n) is 1.81. The molecule has 0 aliphatic heterocycles. The number of nitrogens with one attached hydrogen (secondary N) is 1. The molecule has 0 heterocycles. The van der Waals surface area contributed by atoms with E-state index in [9.17, 15) is 4.79 Å². The molecular formula is C9H11BrN2O2. The first-order valence-corrected chi connectivity index (χ1v) is 4.74. The van der Waals surface area contributed by atoms with Crippen molar-refractivity contribution in [3.63, 3.8) is 0 Å². The van der Waals surface area contributed by atoms with Crippen LogP contribution in [0.5, 0.6) is 0 Å². The van der Waals surface area contributed by atoms with E-state index in [0.29, 0.717) is 15.7 Å². The molecule has 0 atom stereocenters. The number of hydrogen-bond acceptors (Lipinski definition) is 4. The van der Waals surface area contributed by atoms with Gasteiger partial charge in [-0.1, -0.05) is 0 Å². The molecule has 0 unspecified atom stereocenters. The number of halogens is 1. The second-order valence-corrected chi connectivity index (χ2v) is 3.52. The fraction of sp³-hybridized carbons (Fsp3) is 0.222. The van der Waals surface area contributed by atoms with Gasteiger partial charge in [-0.05, 0) is 28.1 Å². The number of carbonyl (C=O) groups excluding carboxylic acids is 1. The fourth-order valence-corrected chi connectivity index (χ4v) is 1.58. The molecule has 0 saturated carbocycles. The average molecular weight is 259 g/mol. The monoisotopic (exact) mass is 258 g/mol. The molecule has 5 heteroatoms. The molecule has 14 heavy (non-hydrogen) atoms. The highest BCUT2D eigenvalue weighted by molar-refractivity contribution is 9.10. The van der Waals surface area contributed by atoms with Crippen LogP contribution in [0.4, 0.5) is 11.4 Å². The Kier molecular flexibility index (Phi) is 3.35. The van der Waals surface area contributed by atoms with Crippen molar-refractivity contribution < 1.29 is 9.53 Å². The summed E-state index contributed by atoms with van der Waals surface area (Å²) in [6.45, 7) is 0. The summed E-state index contributed by atoms with van der Waals surface area (Å²) in [6.07, 6.45) is 0. The Hall–Kier alpha value is -1.23. The summed E-state index contributed by atoms with van der Waals surface area (Å²) in [6, 6.07) is 3.31. The number of ether oxygens (including phenoxy) is 1. The van der Waals surface area contributed by atoms with E-state index in [0.717, 1.165) is 5.69 Å². The lowest BCUT2D eigenvalue weighted by molar-refractivity contribution is 0.0600. The topological polar surface area (TPSA) is 64.3 Å². The van der Waals surface area contributed by atoms with E-state index < -0.39 is 5.97 Å². The van der Waals surface area contributed by atoms with Crippen molar-refractivity contribution in [2.24, 2.45) is 0 Å². The summed E-state index contributed by atoms with van der Waals surface area (Å²) < 4.78 is 5.26. The highest BCUT2D eigenvalue weighted by Crippen LogP contribution is 2.27. The van der Waals surface area contributed by atoms with Crippen LogP contribution in [0.25, 0.3) is 0 Å². The maximum atomic E-state index is 11.3. The molecule has 76 valence electrons. The van der Waals surface area contributed by atoms with E-state index in [1.54, 1.807) is 19.2 Å². The van der Waals surface area contributed by atoms with E-state index in [1.807, 2.05) is 0 Å². The second-order valence-electron chi connectivity index (χ2n) is 2.66. The van der Waals surface area contributed by atoms with E-state index in [2.05, 4.69) is 26.0 Å². The molecule has 0 fully saturated rings. The Morgan fingerprint density at radius 1 is 1.57 bits per heavy atom. The molecular weight excluding hydrogens is 248 g/mol. The standard InChI is InChI=1S/C9H11BrN2O2/c1-12-8-4-6(10)5(3-7(8)11)9(13)14-2/h3-4,12H,11H2,1-2H3. The number of nitrogens with two attached hydrogens (primary N) is 1. The predicted octanol–water partition coefficient (Wildman–Crippen LogP) is 1.86. The van der Waals surface area contributed by atoms with Crippen LogP contribution in [0.3, 0.4) is 0 Å². The summed E-state index contributed by atoms with van der Waals surface area (Å²) in [4.78, 5) is 11.3. The van der Waals surface area contributed by atoms with E-state index >= 15 is 0 Å². The lowest BCUT2D eigenvalue weighted by atomic mass is 10.2. The minimum Gasteiger partial charge on any atom is -0.465 e. The van der Waals surface area contributed by atoms with Crippen molar-refractivity contribution in [2.45, 2.75) is 0 Å². The Morgan fingerprint density at radius 3 is 2.71 bits per heavy atom. The van der Waals surface area contributed by atoms with E-state index in [-0.39, 0.29) is 0 Å². The zero-order valence-corrected chi connectivity index (χ0v) is 9.51. The maximum Gasteiger partial charge on any atom is 0.339 e. The zero-order valence-electron chi connectivity index (χ0n) is 7.93. The normalized spacial score (nSPS) is 9.64. The molecule has 1 aromatic rings. The van der Waals surface area contributed by atoms with Gasteiger partial charge < -0.3 is 15.8 Å². The van der Waals surface area contributed by atoms with Gasteiger partial charge in [-0.25, -0.2) is 4.79 Å². The molecule has 0 bridgehead atoms. The van der Waals surface area contributed by atoms with Crippen LogP contribution in [0.15, 0.2) is 16.6 Å². The van der Waals surface area contributed by atoms with Gasteiger partial charge in [0.05, 0.1) is 24.0 Å². The van der Waals surface area contributed by atoms with Crippen molar-refractivity contribution in [1.82, 2.24) is 0 Å². The number of methoxy groups -OCH3 is 1. The molecule has 0 aliphatic rings. The number of esters is 1. The van der Waals surface area contributed by atoms with Gasteiger partial charge in [0, 0.05) is 11.5 Å². The van der Waals surface area contributed by atoms with Crippen molar-refractivity contribution >= 4 is 33.3 Å². The van der Waals surface area contributed by atoms with Gasteiger partial charge in [0.25, 0.3) is 0 Å². The molecule has 1 rings (SSSR count). The lowest BCUT2D eigenvalue weighted by Crippen LogP contribution is -2.05. The maximum absolute atomic E-state index is 11.3. The van der Waals surface area contributed by atoms with Gasteiger partial charge in [0.2, 0.25) is 0 Å². The van der Waals surface area contributed by atoms with E-state index in [1.165, 1.54) is 7.11 Å². The molecule has 0 spiro atoms. The fourth-order valence-electron chi connectivity index (χ4n) is 1.07. The second kappa shape index (κ2) is 4.32. The Bertz CT molecular complexity index is 366. The van der Waals surface area contributed by atoms with Crippen molar-refractivity contribution in [2.75, 3.05) is 25.2 Å². The number of rotatable bonds is 2. The summed E-state index contributed by atoms with van der Waals surface area (Å²) in [7, 11) is 3.09. The number of anilines is 2. The van der Waals surface area contributed by atoms with Crippen LogP contribution in [0.1, 0.15) is 10.4 Å². The van der Waals surface area contributed by atoms with Crippen LogP contribution in [-0.4, -0.2) is 20.1 Å². The van der Waals surface area contributed by atoms with Crippen LogP contribution < -0.4 is 11.1 Å². The number of benzene rings is 1. The van der Waals surface area contributed by atoms with Crippen LogP contribution in [-0.2, 0) is 4.74 Å². The van der Waals surface area contributed by atoms with E-state index in [4.69, 9.17) is 5.73 Å². The Labute approximate surface area is 90.6 Å². The first-order chi connectivity index (χ1) is 6.60. The quantitative estimate of drug-likeness (QED) is 0.628. The molecule has 3 N–H and O–H groups in total. The Balaban J connectivity index is 3.21. The number of nitrogen functional groups attached to an aromatic ring is 1. The predicted molar refractivity (Wildman–Crippen MR) is 59.4 cm³/mol. The van der Waals surface area contributed by atoms with Crippen molar-refractivity contribution in [1.29, 1.82) is 0 Å². The molecule has 0 radical (unpaired) electrons.